The van der Waals surface area contributed by atoms with Crippen molar-refractivity contribution in [3.05, 3.63) is 47.5 Å². The first-order valence-electron chi connectivity index (χ1n) is 9.05. The van der Waals surface area contributed by atoms with Crippen LogP contribution in [-0.4, -0.2) is 49.9 Å². The van der Waals surface area contributed by atoms with Crippen molar-refractivity contribution in [3.8, 4) is 5.88 Å². The molecule has 13 heteroatoms. The monoisotopic (exact) mass is 437 g/mol. The zero-order valence-electron chi connectivity index (χ0n) is 16.3. The van der Waals surface area contributed by atoms with Gasteiger partial charge in [0.15, 0.2) is 5.65 Å². The first kappa shape index (κ1) is 21.9. The van der Waals surface area contributed by atoms with E-state index in [-0.39, 0.29) is 30.4 Å². The molecule has 0 unspecified atom stereocenters. The molecule has 0 radical (unpaired) electrons. The summed E-state index contributed by atoms with van der Waals surface area (Å²) in [7, 11) is 1.41. The Labute approximate surface area is 173 Å². The molecule has 3 aromatic heterocycles. The number of hydrogen-bond donors (Lipinski definition) is 2. The molecule has 0 aliphatic carbocycles. The number of carbonyl (C=O) groups excluding carboxylic acids is 2. The Morgan fingerprint density at radius 1 is 1.16 bits per heavy atom. The summed E-state index contributed by atoms with van der Waals surface area (Å²) in [6, 6.07) is 3.09. The van der Waals surface area contributed by atoms with Gasteiger partial charge in [-0.05, 0) is 11.6 Å². The number of carbonyl (C=O) groups is 2. The Bertz CT molecular complexity index is 1080. The Balaban J connectivity index is 1.56. The quantitative estimate of drug-likeness (QED) is 0.546. The number of ether oxygens (including phenoxy) is 1. The number of imidazole rings is 1. The van der Waals surface area contributed by atoms with Crippen molar-refractivity contribution in [1.82, 2.24) is 35.4 Å². The van der Waals surface area contributed by atoms with Gasteiger partial charge in [0.2, 0.25) is 11.8 Å². The van der Waals surface area contributed by atoms with Crippen molar-refractivity contribution in [2.45, 2.75) is 32.1 Å². The van der Waals surface area contributed by atoms with Crippen LogP contribution in [0.1, 0.15) is 34.5 Å². The topological polar surface area (TPSA) is 123 Å². The molecule has 2 amide bonds. The summed E-state index contributed by atoms with van der Waals surface area (Å²) < 4.78 is 42.9. The van der Waals surface area contributed by atoms with Gasteiger partial charge < -0.3 is 15.4 Å². The minimum Gasteiger partial charge on any atom is -0.480 e. The summed E-state index contributed by atoms with van der Waals surface area (Å²) in [5.74, 6) is -0.880. The molecule has 3 aromatic rings. The molecule has 0 saturated heterocycles. The number of nitrogens with zero attached hydrogens (tertiary/aromatic N) is 5. The highest BCUT2D eigenvalue weighted by Gasteiger charge is 2.27. The molecule has 0 aromatic carbocycles. The average Bonchev–Trinajstić information content (AvgIpc) is 3.16. The minimum absolute atomic E-state index is 0.0238. The molecule has 164 valence electrons. The maximum absolute atomic E-state index is 12.2. The van der Waals surface area contributed by atoms with E-state index in [0.29, 0.717) is 16.9 Å². The van der Waals surface area contributed by atoms with E-state index >= 15 is 0 Å². The van der Waals surface area contributed by atoms with Crippen LogP contribution in [0.25, 0.3) is 5.65 Å². The van der Waals surface area contributed by atoms with E-state index in [4.69, 9.17) is 4.74 Å². The average molecular weight is 437 g/mol. The lowest BCUT2D eigenvalue weighted by molar-refractivity contribution is -0.144. The number of nitrogens with one attached hydrogen (secondary N) is 2. The molecule has 0 aliphatic rings. The molecule has 0 bridgehead atoms. The number of halogens is 3. The summed E-state index contributed by atoms with van der Waals surface area (Å²) in [6.07, 6.45) is -1.79. The van der Waals surface area contributed by atoms with Crippen LogP contribution in [0.15, 0.2) is 30.7 Å². The fraction of sp³-hybridized carbons (Fsp3) is 0.333. The second-order valence-corrected chi connectivity index (χ2v) is 6.46. The van der Waals surface area contributed by atoms with E-state index in [0.717, 1.165) is 0 Å². The number of aromatic nitrogens is 5. The molecular weight excluding hydrogens is 419 g/mol. The molecule has 0 saturated carbocycles. The lowest BCUT2D eigenvalue weighted by Gasteiger charge is -2.07. The molecule has 0 atom stereocenters. The maximum Gasteiger partial charge on any atom is 0.389 e. The lowest BCUT2D eigenvalue weighted by atomic mass is 10.2. The molecular formula is C18H18F3N7O3. The van der Waals surface area contributed by atoms with Crippen molar-refractivity contribution in [2.75, 3.05) is 7.11 Å². The van der Waals surface area contributed by atoms with Crippen LogP contribution in [0.5, 0.6) is 5.88 Å². The predicted molar refractivity (Wildman–Crippen MR) is 99.9 cm³/mol. The molecule has 0 spiro atoms. The molecule has 3 heterocycles. The standard InChI is InChI=1S/C18H18F3N7O3/c1-31-16-5-12(8-24-27-16)17(30)23-9-13-10-28-14(26-13)4-11(7-25-28)6-22-15(29)2-3-18(19,20)21/h4-5,7-8,10H,2-3,6,9H2,1H3,(H,22,29)(H,23,30). The van der Waals surface area contributed by atoms with E-state index in [9.17, 15) is 22.8 Å². The van der Waals surface area contributed by atoms with Gasteiger partial charge in [-0.1, -0.05) is 0 Å². The number of methoxy groups -OCH3 is 1. The number of hydrogen-bond acceptors (Lipinski definition) is 7. The Hall–Kier alpha value is -3.77. The smallest absolute Gasteiger partial charge is 0.389 e. The van der Waals surface area contributed by atoms with Crippen LogP contribution < -0.4 is 15.4 Å². The predicted octanol–water partition coefficient (Wildman–Crippen LogP) is 1.42. The Kier molecular flexibility index (Phi) is 6.62. The molecule has 0 aliphatic heterocycles. The largest absolute Gasteiger partial charge is 0.480 e. The zero-order chi connectivity index (χ0) is 22.4. The van der Waals surface area contributed by atoms with Crippen LogP contribution in [0, 0.1) is 0 Å². The van der Waals surface area contributed by atoms with Gasteiger partial charge in [-0.2, -0.15) is 23.4 Å². The molecule has 3 rings (SSSR count). The van der Waals surface area contributed by atoms with Crippen molar-refractivity contribution in [3.63, 3.8) is 0 Å². The van der Waals surface area contributed by atoms with E-state index in [1.54, 1.807) is 12.3 Å². The molecule has 0 fully saturated rings. The van der Waals surface area contributed by atoms with E-state index in [2.05, 4.69) is 30.9 Å². The second kappa shape index (κ2) is 9.36. The summed E-state index contributed by atoms with van der Waals surface area (Å²) in [5, 5.41) is 16.6. The minimum atomic E-state index is -4.38. The third-order valence-electron chi connectivity index (χ3n) is 4.09. The van der Waals surface area contributed by atoms with Crippen LogP contribution in [0.2, 0.25) is 0 Å². The Morgan fingerprint density at radius 2 is 1.97 bits per heavy atom. The molecule has 31 heavy (non-hydrogen) atoms. The molecule has 10 nitrogen and oxygen atoms in total. The molecule has 2 N–H and O–H groups in total. The van der Waals surface area contributed by atoms with Gasteiger partial charge in [0.25, 0.3) is 5.91 Å². The lowest BCUT2D eigenvalue weighted by Crippen LogP contribution is -2.24. The number of amides is 2. The Morgan fingerprint density at radius 3 is 2.71 bits per heavy atom. The summed E-state index contributed by atoms with van der Waals surface area (Å²) in [6.45, 7) is 0.145. The van der Waals surface area contributed by atoms with Gasteiger partial charge in [-0.25, -0.2) is 9.50 Å². The van der Waals surface area contributed by atoms with Crippen LogP contribution >= 0.6 is 0 Å². The summed E-state index contributed by atoms with van der Waals surface area (Å²) >= 11 is 0. The van der Waals surface area contributed by atoms with Gasteiger partial charge in [0.1, 0.15) is 0 Å². The normalized spacial score (nSPS) is 11.4. The van der Waals surface area contributed by atoms with Gasteiger partial charge in [-0.3, -0.25) is 9.59 Å². The van der Waals surface area contributed by atoms with Crippen molar-refractivity contribution in [2.24, 2.45) is 0 Å². The van der Waals surface area contributed by atoms with Gasteiger partial charge in [0.05, 0.1) is 49.9 Å². The van der Waals surface area contributed by atoms with Crippen molar-refractivity contribution >= 4 is 17.5 Å². The van der Waals surface area contributed by atoms with E-state index in [1.807, 2.05) is 0 Å². The van der Waals surface area contributed by atoms with Crippen molar-refractivity contribution in [1.29, 1.82) is 0 Å². The van der Waals surface area contributed by atoms with Crippen LogP contribution in [0.4, 0.5) is 13.2 Å². The highest BCUT2D eigenvalue weighted by Crippen LogP contribution is 2.21. The third kappa shape index (κ3) is 6.35. The van der Waals surface area contributed by atoms with Gasteiger partial charge in [-0.15, -0.1) is 5.10 Å². The third-order valence-corrected chi connectivity index (χ3v) is 4.09. The zero-order valence-corrected chi connectivity index (χ0v) is 16.3. The van der Waals surface area contributed by atoms with E-state index < -0.39 is 24.9 Å². The SMILES string of the molecule is COc1cc(C(=O)NCc2cn3ncc(CNC(=O)CCC(F)(F)F)cc3n2)cnn1. The first-order valence-corrected chi connectivity index (χ1v) is 9.05. The highest BCUT2D eigenvalue weighted by molar-refractivity contribution is 5.94. The van der Waals surface area contributed by atoms with Crippen molar-refractivity contribution < 1.29 is 27.5 Å². The number of rotatable bonds is 8. The second-order valence-electron chi connectivity index (χ2n) is 6.46. The van der Waals surface area contributed by atoms with E-state index in [1.165, 1.54) is 30.1 Å². The van der Waals surface area contributed by atoms with Crippen LogP contribution in [0.3, 0.4) is 0 Å². The van der Waals surface area contributed by atoms with Gasteiger partial charge >= 0.3 is 6.18 Å². The van der Waals surface area contributed by atoms with Gasteiger partial charge in [0, 0.05) is 19.0 Å². The highest BCUT2D eigenvalue weighted by atomic mass is 19.4. The summed E-state index contributed by atoms with van der Waals surface area (Å²) in [5.41, 5.74) is 1.83. The number of alkyl halides is 3. The maximum atomic E-state index is 12.2. The van der Waals surface area contributed by atoms with Crippen LogP contribution in [-0.2, 0) is 17.9 Å². The fourth-order valence-corrected chi connectivity index (χ4v) is 2.53. The first-order chi connectivity index (χ1) is 14.7. The number of fused-ring (bicyclic) bond motifs is 1. The summed E-state index contributed by atoms with van der Waals surface area (Å²) in [4.78, 5) is 28.1. The fourth-order valence-electron chi connectivity index (χ4n) is 2.53.